The minimum atomic E-state index is -1.30. The molecule has 0 radical (unpaired) electrons. The van der Waals surface area contributed by atoms with Gasteiger partial charge in [-0.15, -0.1) is 5.10 Å². The van der Waals surface area contributed by atoms with Gasteiger partial charge < -0.3 is 31.5 Å². The van der Waals surface area contributed by atoms with Crippen LogP contribution < -0.4 is 11.5 Å². The van der Waals surface area contributed by atoms with Crippen LogP contribution in [0.1, 0.15) is 6.23 Å². The predicted octanol–water partition coefficient (Wildman–Crippen LogP) is -3.00. The van der Waals surface area contributed by atoms with Crippen molar-refractivity contribution in [1.29, 1.82) is 0 Å². The van der Waals surface area contributed by atoms with Crippen LogP contribution in [0.3, 0.4) is 0 Å². The second kappa shape index (κ2) is 4.49. The second-order valence-electron chi connectivity index (χ2n) is 4.40. The molecular weight excluding hydrogens is 270 g/mol. The SMILES string of the molecule is Nc1nc(N)c2c(nnn2[C@@H]2O[C@H](CO)[C@@H](O)[C@H]2O)n1. The largest absolute Gasteiger partial charge is 0.394 e. The van der Waals surface area contributed by atoms with E-state index in [4.69, 9.17) is 21.3 Å². The zero-order chi connectivity index (χ0) is 14.4. The van der Waals surface area contributed by atoms with Crippen molar-refractivity contribution < 1.29 is 20.1 Å². The Hall–Kier alpha value is -2.08. The van der Waals surface area contributed by atoms with Crippen molar-refractivity contribution in [3.63, 3.8) is 0 Å². The number of nitrogens with zero attached hydrogens (tertiary/aromatic N) is 5. The number of aliphatic hydroxyl groups excluding tert-OH is 3. The molecule has 11 heteroatoms. The molecule has 0 aromatic carbocycles. The van der Waals surface area contributed by atoms with Crippen LogP contribution in [0.5, 0.6) is 0 Å². The van der Waals surface area contributed by atoms with E-state index in [-0.39, 0.29) is 22.9 Å². The van der Waals surface area contributed by atoms with Crippen LogP contribution in [0.4, 0.5) is 11.8 Å². The summed E-state index contributed by atoms with van der Waals surface area (Å²) < 4.78 is 6.50. The summed E-state index contributed by atoms with van der Waals surface area (Å²) in [6.07, 6.45) is -4.53. The van der Waals surface area contributed by atoms with Crippen LogP contribution in [-0.2, 0) is 4.74 Å². The molecule has 1 saturated heterocycles. The molecule has 1 aliphatic heterocycles. The zero-order valence-electron chi connectivity index (χ0n) is 10.2. The van der Waals surface area contributed by atoms with Crippen molar-refractivity contribution in [2.24, 2.45) is 0 Å². The Bertz CT molecular complexity index is 647. The molecule has 3 heterocycles. The molecule has 1 fully saturated rings. The highest BCUT2D eigenvalue weighted by atomic mass is 16.6. The van der Waals surface area contributed by atoms with Gasteiger partial charge in [0.25, 0.3) is 0 Å². The zero-order valence-corrected chi connectivity index (χ0v) is 10.2. The van der Waals surface area contributed by atoms with E-state index in [1.54, 1.807) is 0 Å². The Labute approximate surface area is 111 Å². The molecule has 0 unspecified atom stereocenters. The highest BCUT2D eigenvalue weighted by Gasteiger charge is 2.44. The topological polar surface area (TPSA) is 178 Å². The number of nitrogens with two attached hydrogens (primary N) is 2. The van der Waals surface area contributed by atoms with Gasteiger partial charge in [0.15, 0.2) is 17.6 Å². The van der Waals surface area contributed by atoms with Crippen LogP contribution in [0.2, 0.25) is 0 Å². The van der Waals surface area contributed by atoms with E-state index in [1.165, 1.54) is 0 Å². The van der Waals surface area contributed by atoms with Crippen LogP contribution >= 0.6 is 0 Å². The van der Waals surface area contributed by atoms with Gasteiger partial charge in [-0.1, -0.05) is 5.21 Å². The summed E-state index contributed by atoms with van der Waals surface area (Å²) in [5, 5.41) is 36.3. The Morgan fingerprint density at radius 1 is 1.20 bits per heavy atom. The lowest BCUT2D eigenvalue weighted by Crippen LogP contribution is -2.33. The monoisotopic (exact) mass is 283 g/mol. The summed E-state index contributed by atoms with van der Waals surface area (Å²) >= 11 is 0. The van der Waals surface area contributed by atoms with E-state index in [9.17, 15) is 10.2 Å². The highest BCUT2D eigenvalue weighted by Crippen LogP contribution is 2.31. The molecule has 4 atom stereocenters. The molecule has 11 nitrogen and oxygen atoms in total. The van der Waals surface area contributed by atoms with E-state index in [2.05, 4.69) is 20.3 Å². The molecule has 3 rings (SSSR count). The van der Waals surface area contributed by atoms with Crippen molar-refractivity contribution >= 4 is 22.9 Å². The molecule has 2 aromatic heterocycles. The third-order valence-corrected chi connectivity index (χ3v) is 3.13. The highest BCUT2D eigenvalue weighted by molar-refractivity contribution is 5.82. The fraction of sp³-hybridized carbons (Fsp3) is 0.556. The third kappa shape index (κ3) is 1.76. The fourth-order valence-corrected chi connectivity index (χ4v) is 2.16. The first-order valence-electron chi connectivity index (χ1n) is 5.79. The third-order valence-electron chi connectivity index (χ3n) is 3.13. The average molecular weight is 283 g/mol. The standard InChI is InChI=1S/C9H13N7O4/c10-6-3-7(13-9(11)12-6)14-15-16(3)8-5(19)4(18)2(1-17)20-8/h2,4-5,8,17-19H,1H2,(H4,10,11,12,13)/t2-,4-,5-,8-/m1/s1. The number of fused-ring (bicyclic) bond motifs is 1. The summed E-state index contributed by atoms with van der Waals surface area (Å²) in [6, 6.07) is 0. The van der Waals surface area contributed by atoms with Gasteiger partial charge in [0.2, 0.25) is 11.6 Å². The molecule has 20 heavy (non-hydrogen) atoms. The summed E-state index contributed by atoms with van der Waals surface area (Å²) in [4.78, 5) is 7.64. The van der Waals surface area contributed by atoms with E-state index < -0.39 is 31.1 Å². The summed E-state index contributed by atoms with van der Waals surface area (Å²) in [6.45, 7) is -0.444. The Morgan fingerprint density at radius 2 is 1.95 bits per heavy atom. The lowest BCUT2D eigenvalue weighted by atomic mass is 10.1. The summed E-state index contributed by atoms with van der Waals surface area (Å²) in [5.41, 5.74) is 11.6. The fourth-order valence-electron chi connectivity index (χ4n) is 2.16. The first-order chi connectivity index (χ1) is 9.52. The second-order valence-corrected chi connectivity index (χ2v) is 4.40. The Balaban J connectivity index is 2.07. The first-order valence-corrected chi connectivity index (χ1v) is 5.79. The molecule has 0 aliphatic carbocycles. The minimum absolute atomic E-state index is 0.0234. The van der Waals surface area contributed by atoms with Crippen molar-refractivity contribution in [2.75, 3.05) is 18.1 Å². The summed E-state index contributed by atoms with van der Waals surface area (Å²) in [7, 11) is 0. The van der Waals surface area contributed by atoms with Gasteiger partial charge in [-0.05, 0) is 0 Å². The van der Waals surface area contributed by atoms with E-state index in [0.29, 0.717) is 0 Å². The molecule has 2 aromatic rings. The summed E-state index contributed by atoms with van der Waals surface area (Å²) in [5.74, 6) is -0.0292. The van der Waals surface area contributed by atoms with Crippen molar-refractivity contribution in [2.45, 2.75) is 24.5 Å². The molecule has 7 N–H and O–H groups in total. The number of nitrogen functional groups attached to an aromatic ring is 2. The normalized spacial score (nSPS) is 30.1. The van der Waals surface area contributed by atoms with Crippen LogP contribution in [0.15, 0.2) is 0 Å². The van der Waals surface area contributed by atoms with Gasteiger partial charge in [0.05, 0.1) is 6.61 Å². The van der Waals surface area contributed by atoms with Gasteiger partial charge in [-0.25, -0.2) is 4.68 Å². The molecular formula is C9H13N7O4. The van der Waals surface area contributed by atoms with Gasteiger partial charge >= 0.3 is 0 Å². The molecule has 108 valence electrons. The number of aromatic nitrogens is 5. The number of ether oxygens (including phenoxy) is 1. The van der Waals surface area contributed by atoms with Crippen molar-refractivity contribution in [3.8, 4) is 0 Å². The maximum Gasteiger partial charge on any atom is 0.224 e. The molecule has 0 amide bonds. The predicted molar refractivity (Wildman–Crippen MR) is 65.0 cm³/mol. The Morgan fingerprint density at radius 3 is 2.60 bits per heavy atom. The number of rotatable bonds is 2. The number of hydrogen-bond acceptors (Lipinski definition) is 10. The van der Waals surface area contributed by atoms with Crippen molar-refractivity contribution in [3.05, 3.63) is 0 Å². The number of aliphatic hydroxyl groups is 3. The van der Waals surface area contributed by atoms with Gasteiger partial charge in [-0.2, -0.15) is 9.97 Å². The van der Waals surface area contributed by atoms with E-state index in [0.717, 1.165) is 4.68 Å². The average Bonchev–Trinajstić information content (AvgIpc) is 2.93. The van der Waals surface area contributed by atoms with Gasteiger partial charge in [-0.3, -0.25) is 0 Å². The van der Waals surface area contributed by atoms with E-state index in [1.807, 2.05) is 0 Å². The maximum absolute atomic E-state index is 9.95. The molecule has 0 bridgehead atoms. The van der Waals surface area contributed by atoms with Gasteiger partial charge in [0, 0.05) is 0 Å². The molecule has 0 spiro atoms. The minimum Gasteiger partial charge on any atom is -0.394 e. The first kappa shape index (κ1) is 12.9. The maximum atomic E-state index is 9.95. The smallest absolute Gasteiger partial charge is 0.224 e. The van der Waals surface area contributed by atoms with E-state index >= 15 is 0 Å². The lowest BCUT2D eigenvalue weighted by molar-refractivity contribution is -0.0571. The van der Waals surface area contributed by atoms with Crippen LogP contribution in [0, 0.1) is 0 Å². The van der Waals surface area contributed by atoms with Crippen LogP contribution in [-0.4, -0.2) is 65.2 Å². The molecule has 0 saturated carbocycles. The number of hydrogen-bond donors (Lipinski definition) is 5. The van der Waals surface area contributed by atoms with Crippen molar-refractivity contribution in [1.82, 2.24) is 25.0 Å². The van der Waals surface area contributed by atoms with Crippen LogP contribution in [0.25, 0.3) is 11.2 Å². The molecule has 1 aliphatic rings. The lowest BCUT2D eigenvalue weighted by Gasteiger charge is -2.15. The quantitative estimate of drug-likeness (QED) is 0.381. The van der Waals surface area contributed by atoms with Gasteiger partial charge in [0.1, 0.15) is 18.3 Å². The Kier molecular flexibility index (Phi) is 2.90. The number of anilines is 2.